The summed E-state index contributed by atoms with van der Waals surface area (Å²) < 4.78 is 0. The SMILES string of the molecule is C=CCSCCNC(=NC)NCc1ccc(Cl)cc1.I. The molecule has 0 aliphatic rings. The summed E-state index contributed by atoms with van der Waals surface area (Å²) in [6.07, 6.45) is 1.91. The Morgan fingerprint density at radius 2 is 2.05 bits per heavy atom. The number of nitrogens with one attached hydrogen (secondary N) is 2. The van der Waals surface area contributed by atoms with E-state index in [2.05, 4.69) is 22.2 Å². The van der Waals surface area contributed by atoms with E-state index >= 15 is 0 Å². The minimum Gasteiger partial charge on any atom is -0.356 e. The molecule has 2 N–H and O–H groups in total. The van der Waals surface area contributed by atoms with Crippen LogP contribution in [0.3, 0.4) is 0 Å². The van der Waals surface area contributed by atoms with Crippen molar-refractivity contribution in [3.63, 3.8) is 0 Å². The largest absolute Gasteiger partial charge is 0.356 e. The van der Waals surface area contributed by atoms with Crippen LogP contribution in [0.2, 0.25) is 5.02 Å². The highest BCUT2D eigenvalue weighted by Crippen LogP contribution is 2.08. The molecule has 0 amide bonds. The molecule has 3 nitrogen and oxygen atoms in total. The number of benzene rings is 1. The number of nitrogens with zero attached hydrogens (tertiary/aromatic N) is 1. The molecule has 0 aromatic heterocycles. The molecule has 6 heteroatoms. The predicted molar refractivity (Wildman–Crippen MR) is 103 cm³/mol. The van der Waals surface area contributed by atoms with Crippen molar-refractivity contribution in [1.29, 1.82) is 0 Å². The maximum absolute atomic E-state index is 5.85. The van der Waals surface area contributed by atoms with Crippen molar-refractivity contribution in [2.75, 3.05) is 25.1 Å². The molecule has 0 bridgehead atoms. The van der Waals surface area contributed by atoms with Gasteiger partial charge >= 0.3 is 0 Å². The average molecular weight is 426 g/mol. The van der Waals surface area contributed by atoms with Crippen LogP contribution in [-0.2, 0) is 6.54 Å². The molecule has 20 heavy (non-hydrogen) atoms. The summed E-state index contributed by atoms with van der Waals surface area (Å²) in [6.45, 7) is 5.31. The number of thioether (sulfide) groups is 1. The highest BCUT2D eigenvalue weighted by molar-refractivity contribution is 14.0. The number of hydrogen-bond donors (Lipinski definition) is 2. The monoisotopic (exact) mass is 425 g/mol. The first kappa shape index (κ1) is 19.6. The maximum Gasteiger partial charge on any atom is 0.191 e. The average Bonchev–Trinajstić information content (AvgIpc) is 2.44. The van der Waals surface area contributed by atoms with Gasteiger partial charge < -0.3 is 10.6 Å². The first-order valence-electron chi connectivity index (χ1n) is 6.14. The number of guanidine groups is 1. The lowest BCUT2D eigenvalue weighted by molar-refractivity contribution is 0.833. The molecule has 1 rings (SSSR count). The highest BCUT2D eigenvalue weighted by atomic mass is 127. The topological polar surface area (TPSA) is 36.4 Å². The lowest BCUT2D eigenvalue weighted by Gasteiger charge is -2.11. The molecular formula is C14H21ClIN3S. The van der Waals surface area contributed by atoms with Gasteiger partial charge in [0.25, 0.3) is 0 Å². The van der Waals surface area contributed by atoms with Crippen molar-refractivity contribution < 1.29 is 0 Å². The smallest absolute Gasteiger partial charge is 0.191 e. The zero-order valence-electron chi connectivity index (χ0n) is 11.6. The molecule has 0 heterocycles. The summed E-state index contributed by atoms with van der Waals surface area (Å²) in [5.74, 6) is 2.83. The molecule has 0 atom stereocenters. The maximum atomic E-state index is 5.85. The van der Waals surface area contributed by atoms with E-state index in [0.717, 1.165) is 35.6 Å². The van der Waals surface area contributed by atoms with Crippen LogP contribution in [0, 0.1) is 0 Å². The molecule has 0 saturated carbocycles. The second kappa shape index (κ2) is 12.3. The van der Waals surface area contributed by atoms with Crippen LogP contribution >= 0.6 is 47.3 Å². The standard InChI is InChI=1S/C14H20ClN3S.HI/c1-3-9-19-10-8-17-14(16-2)18-11-12-4-6-13(15)7-5-12;/h3-7H,1,8-11H2,2H3,(H2,16,17,18);1H. The van der Waals surface area contributed by atoms with Crippen LogP contribution < -0.4 is 10.6 Å². The fraction of sp³-hybridized carbons (Fsp3) is 0.357. The molecule has 0 aliphatic heterocycles. The summed E-state index contributed by atoms with van der Waals surface area (Å²) >= 11 is 7.69. The predicted octanol–water partition coefficient (Wildman–Crippen LogP) is 3.54. The summed E-state index contributed by atoms with van der Waals surface area (Å²) in [6, 6.07) is 7.78. The number of aliphatic imine (C=N–C) groups is 1. The van der Waals surface area contributed by atoms with Crippen LogP contribution in [0.25, 0.3) is 0 Å². The third-order valence-electron chi connectivity index (χ3n) is 2.37. The normalized spacial score (nSPS) is 10.6. The third kappa shape index (κ3) is 8.71. The lowest BCUT2D eigenvalue weighted by Crippen LogP contribution is -2.37. The number of rotatable bonds is 7. The van der Waals surface area contributed by atoms with E-state index in [9.17, 15) is 0 Å². The van der Waals surface area contributed by atoms with Crippen LogP contribution in [0.1, 0.15) is 5.56 Å². The molecule has 0 spiro atoms. The second-order valence-corrected chi connectivity index (χ2v) is 5.43. The Hall–Kier alpha value is -0.400. The van der Waals surface area contributed by atoms with Gasteiger partial charge in [0.2, 0.25) is 0 Å². The molecule has 0 saturated heterocycles. The first-order valence-corrected chi connectivity index (χ1v) is 7.67. The van der Waals surface area contributed by atoms with E-state index in [-0.39, 0.29) is 24.0 Å². The molecule has 0 radical (unpaired) electrons. The van der Waals surface area contributed by atoms with Gasteiger partial charge in [-0.25, -0.2) is 0 Å². The van der Waals surface area contributed by atoms with Crippen molar-refractivity contribution >= 4 is 53.3 Å². The van der Waals surface area contributed by atoms with Gasteiger partial charge in [0.15, 0.2) is 5.96 Å². The van der Waals surface area contributed by atoms with Gasteiger partial charge in [0.05, 0.1) is 0 Å². The van der Waals surface area contributed by atoms with Crippen molar-refractivity contribution in [3.05, 3.63) is 47.5 Å². The third-order valence-corrected chi connectivity index (χ3v) is 3.59. The minimum absolute atomic E-state index is 0. The Morgan fingerprint density at radius 1 is 1.35 bits per heavy atom. The molecule has 112 valence electrons. The van der Waals surface area contributed by atoms with E-state index in [4.69, 9.17) is 11.6 Å². The van der Waals surface area contributed by atoms with E-state index in [1.807, 2.05) is 42.1 Å². The fourth-order valence-corrected chi connectivity index (χ4v) is 2.12. The molecule has 0 aliphatic carbocycles. The van der Waals surface area contributed by atoms with Gasteiger partial charge in [-0.2, -0.15) is 11.8 Å². The van der Waals surface area contributed by atoms with Crippen LogP contribution in [0.4, 0.5) is 0 Å². The van der Waals surface area contributed by atoms with Gasteiger partial charge in [0.1, 0.15) is 0 Å². The van der Waals surface area contributed by atoms with E-state index in [0.29, 0.717) is 0 Å². The first-order chi connectivity index (χ1) is 9.26. The second-order valence-electron chi connectivity index (χ2n) is 3.84. The summed E-state index contributed by atoms with van der Waals surface area (Å²) in [7, 11) is 1.77. The van der Waals surface area contributed by atoms with Crippen LogP contribution in [-0.4, -0.2) is 31.1 Å². The fourth-order valence-electron chi connectivity index (χ4n) is 1.42. The van der Waals surface area contributed by atoms with Gasteiger partial charge in [-0.1, -0.05) is 29.8 Å². The lowest BCUT2D eigenvalue weighted by atomic mass is 10.2. The zero-order valence-corrected chi connectivity index (χ0v) is 15.5. The van der Waals surface area contributed by atoms with Crippen molar-refractivity contribution in [2.45, 2.75) is 6.54 Å². The van der Waals surface area contributed by atoms with Gasteiger partial charge in [-0.15, -0.1) is 30.6 Å². The molecule has 0 fully saturated rings. The summed E-state index contributed by atoms with van der Waals surface area (Å²) in [5, 5.41) is 7.29. The Bertz CT molecular complexity index is 409. The van der Waals surface area contributed by atoms with Crippen molar-refractivity contribution in [3.8, 4) is 0 Å². The minimum atomic E-state index is 0. The Morgan fingerprint density at radius 3 is 2.65 bits per heavy atom. The Kier molecular flexibility index (Phi) is 12.1. The molecular weight excluding hydrogens is 405 g/mol. The van der Waals surface area contributed by atoms with Gasteiger partial charge in [-0.3, -0.25) is 4.99 Å². The van der Waals surface area contributed by atoms with E-state index in [1.165, 1.54) is 5.56 Å². The van der Waals surface area contributed by atoms with E-state index < -0.39 is 0 Å². The summed E-state index contributed by atoms with van der Waals surface area (Å²) in [4.78, 5) is 4.18. The Balaban J connectivity index is 0.00000361. The van der Waals surface area contributed by atoms with Gasteiger partial charge in [-0.05, 0) is 17.7 Å². The quantitative estimate of drug-likeness (QED) is 0.231. The molecule has 1 aromatic carbocycles. The number of halogens is 2. The van der Waals surface area contributed by atoms with E-state index in [1.54, 1.807) is 7.05 Å². The molecule has 1 aromatic rings. The Labute approximate surface area is 147 Å². The summed E-state index contributed by atoms with van der Waals surface area (Å²) in [5.41, 5.74) is 1.17. The molecule has 0 unspecified atom stereocenters. The van der Waals surface area contributed by atoms with Crippen molar-refractivity contribution in [2.24, 2.45) is 4.99 Å². The van der Waals surface area contributed by atoms with Crippen molar-refractivity contribution in [1.82, 2.24) is 10.6 Å². The highest BCUT2D eigenvalue weighted by Gasteiger charge is 1.98. The van der Waals surface area contributed by atoms with Crippen LogP contribution in [0.15, 0.2) is 41.9 Å². The van der Waals surface area contributed by atoms with Gasteiger partial charge in [0, 0.05) is 36.7 Å². The zero-order chi connectivity index (χ0) is 13.9. The van der Waals surface area contributed by atoms with Crippen LogP contribution in [0.5, 0.6) is 0 Å². The number of hydrogen-bond acceptors (Lipinski definition) is 2.